The highest BCUT2D eigenvalue weighted by Gasteiger charge is 2.14. The van der Waals surface area contributed by atoms with Gasteiger partial charge in [-0.15, -0.1) is 0 Å². The minimum Gasteiger partial charge on any atom is -0.469 e. The molecule has 0 spiro atoms. The van der Waals surface area contributed by atoms with Crippen LogP contribution in [0.15, 0.2) is 65.6 Å². The molecule has 0 radical (unpaired) electrons. The molecule has 0 bridgehead atoms. The Labute approximate surface area is 637 Å². The summed E-state index contributed by atoms with van der Waals surface area (Å²) in [5, 5.41) is 14.0. The quantitative estimate of drug-likeness (QED) is 0.0101. The molecule has 0 atom stereocenters. The molecule has 10 amide bonds. The largest absolute Gasteiger partial charge is 0.469 e. The lowest BCUT2D eigenvalue weighted by atomic mass is 10.1. The highest BCUT2D eigenvalue weighted by Crippen LogP contribution is 2.28. The number of nitrogens with two attached hydrogens (primary N) is 2. The molecular formula is C58H96N12O26S8. The second-order valence-corrected chi connectivity index (χ2v) is 25.3. The van der Waals surface area contributed by atoms with E-state index in [4.69, 9.17) is 62.8 Å². The van der Waals surface area contributed by atoms with Gasteiger partial charge in [0.1, 0.15) is 13.2 Å². The normalized spacial score (nSPS) is 11.1. The van der Waals surface area contributed by atoms with Crippen LogP contribution >= 0.6 is 90.7 Å². The summed E-state index contributed by atoms with van der Waals surface area (Å²) in [6.45, 7) is 4.07. The zero-order valence-electron chi connectivity index (χ0n) is 59.5. The monoisotopic (exact) mass is 1630 g/mol. The van der Waals surface area contributed by atoms with Crippen LogP contribution in [-0.4, -0.2) is 215 Å². The maximum Gasteiger partial charge on any atom is 0.426 e. The lowest BCUT2D eigenvalue weighted by Crippen LogP contribution is -2.46. The van der Waals surface area contributed by atoms with Gasteiger partial charge in [0.25, 0.3) is 0 Å². The maximum absolute atomic E-state index is 11.4. The van der Waals surface area contributed by atoms with E-state index in [9.17, 15) is 67.1 Å². The molecule has 38 nitrogen and oxygen atoms in total. The second kappa shape index (κ2) is 90.8. The molecule has 0 saturated carbocycles. The molecule has 1 aromatic rings. The summed E-state index contributed by atoms with van der Waals surface area (Å²) in [7, 11) is 13.4. The van der Waals surface area contributed by atoms with Gasteiger partial charge in [0.05, 0.1) is 54.1 Å². The number of nitrogens with one attached hydrogen (secondary N) is 10. The van der Waals surface area contributed by atoms with Gasteiger partial charge in [0.15, 0.2) is 0 Å². The maximum atomic E-state index is 11.4. The molecule has 592 valence electrons. The number of ether oxygens (including phenoxy) is 6. The lowest BCUT2D eigenvalue weighted by molar-refractivity contribution is -0.193. The van der Waals surface area contributed by atoms with Crippen molar-refractivity contribution in [2.75, 3.05) is 104 Å². The average molecular weight is 1630 g/mol. The third-order valence-electron chi connectivity index (χ3n) is 9.02. The van der Waals surface area contributed by atoms with E-state index in [1.165, 1.54) is 39.9 Å². The number of hydrogen-bond acceptors (Lipinski definition) is 36. The number of aliphatic hydroxyl groups is 2. The number of thioether (sulfide) groups is 3. The Morgan fingerprint density at radius 2 is 0.808 bits per heavy atom. The van der Waals surface area contributed by atoms with E-state index in [2.05, 4.69) is 68.9 Å². The van der Waals surface area contributed by atoms with Crippen molar-refractivity contribution in [3.8, 4) is 0 Å². The van der Waals surface area contributed by atoms with E-state index < -0.39 is 47.9 Å². The van der Waals surface area contributed by atoms with Crippen molar-refractivity contribution in [2.24, 2.45) is 11.7 Å². The van der Waals surface area contributed by atoms with E-state index in [0.29, 0.717) is 31.4 Å². The van der Waals surface area contributed by atoms with Gasteiger partial charge in [-0.1, -0.05) is 86.3 Å². The number of amides is 10. The third kappa shape index (κ3) is 102. The van der Waals surface area contributed by atoms with Crippen molar-refractivity contribution >= 4 is 191 Å². The molecule has 104 heavy (non-hydrogen) atoms. The van der Waals surface area contributed by atoms with E-state index in [-0.39, 0.29) is 112 Å². The van der Waals surface area contributed by atoms with Gasteiger partial charge in [-0.05, 0) is 73.0 Å². The predicted octanol–water partition coefficient (Wildman–Crippen LogP) is 1.47. The van der Waals surface area contributed by atoms with Gasteiger partial charge in [0.2, 0.25) is 47.3 Å². The average Bonchev–Trinajstić information content (AvgIpc) is 1.63. The smallest absolute Gasteiger partial charge is 0.426 e. The molecular weight excluding hydrogens is 1540 g/mol. The van der Waals surface area contributed by atoms with Crippen molar-refractivity contribution in [1.82, 2.24) is 54.3 Å². The van der Waals surface area contributed by atoms with Crippen LogP contribution in [0.3, 0.4) is 0 Å². The SMILES string of the molecule is C1CS1.C=C1C=CC(=S)C=C1.CO.CO.COC(=O)CCC(=O)NN.COC(=O)CCC(=O)NN.COC(=O)CCC(=O)NNC(=O)OCCSSC.COC(=O)CCC(=O)NNC(=O)OCc1ccc(SSC)cc1.CSC.CSC.O=C1CCC(=O)NN1.O=C1CCC(=O)NN1.O=C=O.O=C=O. The van der Waals surface area contributed by atoms with Crippen LogP contribution in [0, 0.1) is 0 Å². The van der Waals surface area contributed by atoms with E-state index in [1.54, 1.807) is 66.7 Å². The molecule has 3 heterocycles. The van der Waals surface area contributed by atoms with Crippen LogP contribution in [0.25, 0.3) is 0 Å². The number of hydrogen-bond donors (Lipinski definition) is 14. The Balaban J connectivity index is -0.000000143. The molecule has 16 N–H and O–H groups in total. The van der Waals surface area contributed by atoms with Gasteiger partial charge in [-0.25, -0.2) is 32.1 Å². The predicted molar refractivity (Wildman–Crippen MR) is 399 cm³/mol. The summed E-state index contributed by atoms with van der Waals surface area (Å²) in [5.41, 5.74) is 22.9. The Morgan fingerprint density at radius 3 is 1.06 bits per heavy atom. The number of carbonyl (C=O) groups is 14. The Morgan fingerprint density at radius 1 is 0.510 bits per heavy atom. The van der Waals surface area contributed by atoms with Crippen LogP contribution < -0.4 is 65.9 Å². The topological polar surface area (TPSA) is 575 Å². The fraction of sp³-hybridized carbons (Fsp3) is 0.500. The van der Waals surface area contributed by atoms with Crippen LogP contribution in [0.4, 0.5) is 9.59 Å². The first-order valence-corrected chi connectivity index (χ1v) is 38.8. The summed E-state index contributed by atoms with van der Waals surface area (Å²) >= 11 is 10.3. The number of thiocarbonyl (C=S) groups is 1. The van der Waals surface area contributed by atoms with Gasteiger partial charge < -0.3 is 38.6 Å². The van der Waals surface area contributed by atoms with Crippen molar-refractivity contribution < 1.29 is 125 Å². The number of allylic oxidation sites excluding steroid dienone is 5. The summed E-state index contributed by atoms with van der Waals surface area (Å²) in [5.74, 6) is 8.97. The lowest BCUT2D eigenvalue weighted by Gasteiger charge is -2.10. The van der Waals surface area contributed by atoms with E-state index >= 15 is 0 Å². The molecule has 3 saturated heterocycles. The summed E-state index contributed by atoms with van der Waals surface area (Å²) in [6.07, 6.45) is 19.9. The zero-order valence-corrected chi connectivity index (χ0v) is 66.0. The molecule has 1 aliphatic carbocycles. The molecule has 4 aliphatic rings. The summed E-state index contributed by atoms with van der Waals surface area (Å²) in [4.78, 5) is 184. The minimum atomic E-state index is -0.779. The molecule has 5 rings (SSSR count). The molecule has 3 aliphatic heterocycles. The van der Waals surface area contributed by atoms with Crippen LogP contribution in [0.5, 0.6) is 0 Å². The zero-order chi connectivity index (χ0) is 81.7. The number of hydrazine groups is 6. The standard InChI is InChI=1S/C14H18N2O5S2.C9H16N2O5S2.C7H6S.2C5H10N2O3.2C4H6N2O2.C2H4S.2C2H6S.2CO2.2CH4O/c1-20-13(18)8-7-12(17)15-16-14(19)21-9-10-3-5-11(6-4-10)23-22-2;1-15-8(13)4-3-7(12)10-11-9(14)16-5-6-18-17-2;1-6-2-4-7(8)5-3-6;2*1-10-5(9)3-2-4(8)7-6;2*7-3-1-2-4(8)6-5-3;1-2-3-1;2*1-3-2;2*2-1-3;2*1-2/h3-6H,7-9H2,1-2H3,(H,15,17)(H,16,19);3-6H2,1-2H3,(H,10,12)(H,11,14);2-5H,1H2;2*2-3,6H2,1H3,(H,7,8);2*1-2H2,(H,5,7)(H,6,8);1-2H2;2*1-2H3;;;2*2H,1H3. The van der Waals surface area contributed by atoms with Crippen molar-refractivity contribution in [3.63, 3.8) is 0 Å². The van der Waals surface area contributed by atoms with Gasteiger partial charge in [-0.2, -0.15) is 54.5 Å². The van der Waals surface area contributed by atoms with Gasteiger partial charge in [-0.3, -0.25) is 101 Å². The number of esters is 4. The summed E-state index contributed by atoms with van der Waals surface area (Å²) < 4.78 is 27.0. The fourth-order valence-electron chi connectivity index (χ4n) is 4.46. The van der Waals surface area contributed by atoms with E-state index in [0.717, 1.165) is 35.1 Å². The highest BCUT2D eigenvalue weighted by atomic mass is 33.1. The Bertz CT molecular complexity index is 2530. The number of methoxy groups -OCH3 is 4. The fourth-order valence-corrected chi connectivity index (χ4v) is 6.97. The molecule has 46 heteroatoms. The molecule has 0 aromatic heterocycles. The van der Waals surface area contributed by atoms with Crippen LogP contribution in [-0.2, 0) is 112 Å². The van der Waals surface area contributed by atoms with Crippen molar-refractivity contribution in [3.05, 3.63) is 66.3 Å². The van der Waals surface area contributed by atoms with Gasteiger partial charge in [0, 0.05) is 92.6 Å². The molecule has 1 aromatic carbocycles. The van der Waals surface area contributed by atoms with Crippen LogP contribution in [0.2, 0.25) is 0 Å². The number of aliphatic hydroxyl groups excluding tert-OH is 2. The van der Waals surface area contributed by atoms with Crippen molar-refractivity contribution in [1.29, 1.82) is 0 Å². The molecule has 3 fully saturated rings. The first-order valence-electron chi connectivity index (χ1n) is 28.7. The molecule has 0 unspecified atom stereocenters. The highest BCUT2D eigenvalue weighted by molar-refractivity contribution is 8.76. The van der Waals surface area contributed by atoms with Crippen molar-refractivity contribution in [2.45, 2.75) is 88.6 Å². The van der Waals surface area contributed by atoms with Gasteiger partial charge >= 0.3 is 48.4 Å². The summed E-state index contributed by atoms with van der Waals surface area (Å²) in [6, 6.07) is 7.60. The Hall–Kier alpha value is -8.24. The first kappa shape index (κ1) is 114. The minimum absolute atomic E-state index is 0.0383. The number of rotatable bonds is 20. The Kier molecular flexibility index (Phi) is 99.8. The third-order valence-corrected chi connectivity index (χ3v) is 13.2. The number of benzene rings is 1. The van der Waals surface area contributed by atoms with E-state index in [1.807, 2.05) is 109 Å². The van der Waals surface area contributed by atoms with Crippen LogP contribution in [0.1, 0.15) is 82.6 Å². The first-order chi connectivity index (χ1) is 49.6. The number of carbonyl (C=O) groups excluding carboxylic acids is 18. The second-order valence-electron chi connectivity index (χ2n) is 16.8.